The van der Waals surface area contributed by atoms with Crippen molar-refractivity contribution in [1.29, 1.82) is 0 Å². The second-order valence-electron chi connectivity index (χ2n) is 6.69. The maximum absolute atomic E-state index is 12.5. The molecule has 2 aromatic rings. The summed E-state index contributed by atoms with van der Waals surface area (Å²) in [4.78, 5) is 40.2. The predicted octanol–water partition coefficient (Wildman–Crippen LogP) is 1.56. The highest BCUT2D eigenvalue weighted by Crippen LogP contribution is 2.32. The van der Waals surface area contributed by atoms with Gasteiger partial charge in [-0.2, -0.15) is 0 Å². The van der Waals surface area contributed by atoms with Gasteiger partial charge in [0.15, 0.2) is 0 Å². The zero-order valence-corrected chi connectivity index (χ0v) is 14.7. The van der Waals surface area contributed by atoms with Crippen LogP contribution < -0.4 is 0 Å². The summed E-state index contributed by atoms with van der Waals surface area (Å²) in [6.07, 6.45) is 6.54. The Labute approximate surface area is 150 Å². The fourth-order valence-electron chi connectivity index (χ4n) is 3.97. The van der Waals surface area contributed by atoms with Crippen LogP contribution in [0, 0.1) is 5.92 Å². The topological polar surface area (TPSA) is 82.2 Å². The van der Waals surface area contributed by atoms with Crippen LogP contribution in [0.25, 0.3) is 0 Å². The Hall–Kier alpha value is -2.22. The number of amides is 2. The van der Waals surface area contributed by atoms with Crippen LogP contribution in [0.15, 0.2) is 23.4 Å². The number of fused-ring (bicyclic) bond motifs is 1. The first kappa shape index (κ1) is 16.3. The highest BCUT2D eigenvalue weighted by atomic mass is 32.1. The number of H-pyrrole nitrogens is 1. The van der Waals surface area contributed by atoms with E-state index in [9.17, 15) is 9.59 Å². The zero-order chi connectivity index (χ0) is 17.2. The van der Waals surface area contributed by atoms with E-state index in [0.717, 1.165) is 31.5 Å². The number of aromatic nitrogens is 3. The van der Waals surface area contributed by atoms with Gasteiger partial charge in [0, 0.05) is 55.8 Å². The Morgan fingerprint density at radius 3 is 3.08 bits per heavy atom. The molecule has 132 valence electrons. The van der Waals surface area contributed by atoms with Crippen molar-refractivity contribution in [2.75, 3.05) is 19.6 Å². The van der Waals surface area contributed by atoms with Gasteiger partial charge in [-0.3, -0.25) is 9.59 Å². The maximum atomic E-state index is 12.5. The fourth-order valence-corrected chi connectivity index (χ4v) is 4.49. The number of imidazole rings is 1. The molecule has 0 bridgehead atoms. The third kappa shape index (κ3) is 3.30. The van der Waals surface area contributed by atoms with Gasteiger partial charge in [-0.1, -0.05) is 0 Å². The van der Waals surface area contributed by atoms with Crippen molar-refractivity contribution < 1.29 is 9.59 Å². The van der Waals surface area contributed by atoms with E-state index >= 15 is 0 Å². The molecule has 2 aliphatic heterocycles. The van der Waals surface area contributed by atoms with Gasteiger partial charge in [-0.25, -0.2) is 9.97 Å². The molecule has 2 saturated heterocycles. The molecule has 2 fully saturated rings. The van der Waals surface area contributed by atoms with Crippen molar-refractivity contribution in [1.82, 2.24) is 24.8 Å². The average molecular weight is 359 g/mol. The number of carbonyl (C=O) groups is 2. The summed E-state index contributed by atoms with van der Waals surface area (Å²) in [5.41, 5.74) is 3.27. The molecule has 25 heavy (non-hydrogen) atoms. The largest absolute Gasteiger partial charge is 0.348 e. The van der Waals surface area contributed by atoms with Gasteiger partial charge >= 0.3 is 0 Å². The van der Waals surface area contributed by atoms with Crippen LogP contribution in [0.5, 0.6) is 0 Å². The van der Waals surface area contributed by atoms with Crippen molar-refractivity contribution in [3.8, 4) is 0 Å². The molecule has 4 heterocycles. The SMILES string of the molecule is O=C(c1cscn1)N1CC[C@@H]2[C@@H](CCC(=O)N2CCc2cnc[nH]2)C1. The van der Waals surface area contributed by atoms with E-state index in [1.807, 2.05) is 9.80 Å². The van der Waals surface area contributed by atoms with Gasteiger partial charge < -0.3 is 14.8 Å². The molecule has 7 nitrogen and oxygen atoms in total. The summed E-state index contributed by atoms with van der Waals surface area (Å²) in [6.45, 7) is 2.11. The molecule has 2 aliphatic rings. The number of likely N-dealkylation sites (tertiary alicyclic amines) is 2. The molecule has 0 radical (unpaired) electrons. The van der Waals surface area contributed by atoms with E-state index in [1.54, 1.807) is 23.4 Å². The monoisotopic (exact) mass is 359 g/mol. The van der Waals surface area contributed by atoms with Crippen LogP contribution in [0.4, 0.5) is 0 Å². The van der Waals surface area contributed by atoms with Gasteiger partial charge in [0.1, 0.15) is 5.69 Å². The summed E-state index contributed by atoms with van der Waals surface area (Å²) < 4.78 is 0. The first-order valence-corrected chi connectivity index (χ1v) is 9.61. The van der Waals surface area contributed by atoms with E-state index < -0.39 is 0 Å². The lowest BCUT2D eigenvalue weighted by molar-refractivity contribution is -0.140. The smallest absolute Gasteiger partial charge is 0.273 e. The zero-order valence-electron chi connectivity index (χ0n) is 13.9. The van der Waals surface area contributed by atoms with E-state index in [4.69, 9.17) is 0 Å². The molecule has 0 aliphatic carbocycles. The van der Waals surface area contributed by atoms with Crippen molar-refractivity contribution in [2.24, 2.45) is 5.92 Å². The second-order valence-corrected chi connectivity index (χ2v) is 7.41. The van der Waals surface area contributed by atoms with Crippen molar-refractivity contribution in [2.45, 2.75) is 31.7 Å². The summed E-state index contributed by atoms with van der Waals surface area (Å²) in [5.74, 6) is 0.608. The molecule has 2 amide bonds. The second kappa shape index (κ2) is 6.95. The summed E-state index contributed by atoms with van der Waals surface area (Å²) in [6, 6.07) is 0.239. The lowest BCUT2D eigenvalue weighted by atomic mass is 9.83. The van der Waals surface area contributed by atoms with Gasteiger partial charge in [-0.05, 0) is 18.8 Å². The van der Waals surface area contributed by atoms with E-state index in [1.165, 1.54) is 11.3 Å². The minimum Gasteiger partial charge on any atom is -0.348 e. The number of rotatable bonds is 4. The number of hydrogen-bond acceptors (Lipinski definition) is 5. The number of nitrogens with zero attached hydrogens (tertiary/aromatic N) is 4. The quantitative estimate of drug-likeness (QED) is 0.898. The molecule has 8 heteroatoms. The fraction of sp³-hybridized carbons (Fsp3) is 0.529. The van der Waals surface area contributed by atoms with Crippen LogP contribution in [-0.4, -0.2) is 62.2 Å². The Morgan fingerprint density at radius 1 is 1.40 bits per heavy atom. The van der Waals surface area contributed by atoms with Gasteiger partial charge in [0.25, 0.3) is 5.91 Å². The van der Waals surface area contributed by atoms with E-state index in [2.05, 4.69) is 15.0 Å². The van der Waals surface area contributed by atoms with Crippen LogP contribution in [0.1, 0.15) is 35.4 Å². The molecule has 0 aromatic carbocycles. The maximum Gasteiger partial charge on any atom is 0.273 e. The molecule has 2 atom stereocenters. The molecule has 0 saturated carbocycles. The third-order valence-electron chi connectivity index (χ3n) is 5.26. The van der Waals surface area contributed by atoms with E-state index in [0.29, 0.717) is 31.1 Å². The van der Waals surface area contributed by atoms with Crippen LogP contribution in [0.2, 0.25) is 0 Å². The first-order chi connectivity index (χ1) is 12.2. The highest BCUT2D eigenvalue weighted by Gasteiger charge is 2.40. The first-order valence-electron chi connectivity index (χ1n) is 8.66. The number of thiazole rings is 1. The predicted molar refractivity (Wildman–Crippen MR) is 93.2 cm³/mol. The molecule has 1 N–H and O–H groups in total. The van der Waals surface area contributed by atoms with Gasteiger partial charge in [0.2, 0.25) is 5.91 Å². The standard InChI is InChI=1S/C17H21N5O2S/c23-16-2-1-12-8-21(17(24)14-9-25-11-20-14)5-4-15(12)22(16)6-3-13-7-18-10-19-13/h7,9-12,15H,1-6,8H2,(H,18,19)/t12-,15+/m0/s1. The van der Waals surface area contributed by atoms with Crippen LogP contribution >= 0.6 is 11.3 Å². The Balaban J connectivity index is 1.41. The average Bonchev–Trinajstić information content (AvgIpc) is 3.33. The Morgan fingerprint density at radius 2 is 2.32 bits per heavy atom. The molecule has 0 spiro atoms. The lowest BCUT2D eigenvalue weighted by Gasteiger charge is -2.47. The number of piperidine rings is 2. The van der Waals surface area contributed by atoms with Gasteiger partial charge in [-0.15, -0.1) is 11.3 Å². The number of hydrogen-bond donors (Lipinski definition) is 1. The molecular formula is C17H21N5O2S. The number of aromatic amines is 1. The van der Waals surface area contributed by atoms with Crippen molar-refractivity contribution >= 4 is 23.2 Å². The lowest BCUT2D eigenvalue weighted by Crippen LogP contribution is -2.57. The summed E-state index contributed by atoms with van der Waals surface area (Å²) in [7, 11) is 0. The molecular weight excluding hydrogens is 338 g/mol. The van der Waals surface area contributed by atoms with Crippen molar-refractivity contribution in [3.63, 3.8) is 0 Å². The number of carbonyl (C=O) groups excluding carboxylic acids is 2. The minimum atomic E-state index is 0.0145. The van der Waals surface area contributed by atoms with Crippen LogP contribution in [0.3, 0.4) is 0 Å². The molecule has 0 unspecified atom stereocenters. The third-order valence-corrected chi connectivity index (χ3v) is 5.85. The highest BCUT2D eigenvalue weighted by molar-refractivity contribution is 7.07. The van der Waals surface area contributed by atoms with Crippen molar-refractivity contribution in [3.05, 3.63) is 34.8 Å². The Kier molecular flexibility index (Phi) is 4.52. The summed E-state index contributed by atoms with van der Waals surface area (Å²) >= 11 is 1.44. The molecule has 4 rings (SSSR count). The number of nitrogens with one attached hydrogen (secondary N) is 1. The van der Waals surface area contributed by atoms with Gasteiger partial charge in [0.05, 0.1) is 11.8 Å². The minimum absolute atomic E-state index is 0.0145. The Bertz CT molecular complexity index is 730. The van der Waals surface area contributed by atoms with E-state index in [-0.39, 0.29) is 17.9 Å². The normalized spacial score (nSPS) is 23.6. The summed E-state index contributed by atoms with van der Waals surface area (Å²) in [5, 5.41) is 1.80. The van der Waals surface area contributed by atoms with Crippen LogP contribution in [-0.2, 0) is 11.2 Å². The molecule has 2 aromatic heterocycles.